The number of benzene rings is 2. The van der Waals surface area contributed by atoms with Crippen molar-refractivity contribution in [2.75, 3.05) is 26.3 Å². The second-order valence-corrected chi connectivity index (χ2v) is 10.4. The van der Waals surface area contributed by atoms with Crippen LogP contribution in [-0.4, -0.2) is 48.6 Å². The first-order valence-corrected chi connectivity index (χ1v) is 12.3. The number of carbonyl (C=O) groups excluding carboxylic acids is 2. The van der Waals surface area contributed by atoms with Gasteiger partial charge in [0.2, 0.25) is 11.8 Å². The smallest absolute Gasteiger partial charge is 0.233 e. The largest absolute Gasteiger partial charge is 0.381 e. The maximum atomic E-state index is 14.4. The molecule has 1 spiro atoms. The van der Waals surface area contributed by atoms with Gasteiger partial charge in [-0.3, -0.25) is 9.59 Å². The van der Waals surface area contributed by atoms with Crippen molar-refractivity contribution >= 4 is 11.8 Å². The van der Waals surface area contributed by atoms with Gasteiger partial charge in [-0.25, -0.2) is 4.39 Å². The molecule has 6 heteroatoms. The zero-order valence-corrected chi connectivity index (χ0v) is 20.0. The Bertz CT molecular complexity index is 1090. The Morgan fingerprint density at radius 1 is 1.09 bits per heavy atom. The van der Waals surface area contributed by atoms with Gasteiger partial charge in [0.05, 0.1) is 11.0 Å². The van der Waals surface area contributed by atoms with E-state index in [1.54, 1.807) is 12.1 Å². The number of nitrogens with one attached hydrogen (secondary N) is 1. The van der Waals surface area contributed by atoms with Crippen LogP contribution in [0.15, 0.2) is 42.5 Å². The molecule has 2 amide bonds. The number of aryl methyl sites for hydroxylation is 2. The average Bonchev–Trinajstić information content (AvgIpc) is 3.16. The Kier molecular flexibility index (Phi) is 5.96. The van der Waals surface area contributed by atoms with Crippen molar-refractivity contribution < 1.29 is 18.7 Å². The lowest BCUT2D eigenvalue weighted by molar-refractivity contribution is -0.141. The zero-order chi connectivity index (χ0) is 23.9. The van der Waals surface area contributed by atoms with Crippen molar-refractivity contribution in [3.05, 3.63) is 70.5 Å². The third-order valence-electron chi connectivity index (χ3n) is 8.03. The number of rotatable bonds is 3. The maximum Gasteiger partial charge on any atom is 0.233 e. The third kappa shape index (κ3) is 4.02. The lowest BCUT2D eigenvalue weighted by Gasteiger charge is -2.41. The van der Waals surface area contributed by atoms with Crippen LogP contribution < -0.4 is 5.32 Å². The average molecular weight is 465 g/mol. The van der Waals surface area contributed by atoms with E-state index < -0.39 is 11.0 Å². The highest BCUT2D eigenvalue weighted by atomic mass is 19.1. The standard InChI is InChI=1S/C28H33FN2O3/c1-19-13-20(2)15-22(14-19)27(9-11-34-12-10-27)26(33)31-17-24(21-5-3-6-23(29)16-21)28(18-31)8-4-7-25(32)30-28/h3,5-6,13-16,24H,4,7-12,17-18H2,1-2H3,(H,30,32)/t24-,28+/m0/s1. The van der Waals surface area contributed by atoms with Crippen LogP contribution in [0.1, 0.15) is 60.3 Å². The second-order valence-electron chi connectivity index (χ2n) is 10.4. The van der Waals surface area contributed by atoms with Crippen LogP contribution in [0.3, 0.4) is 0 Å². The van der Waals surface area contributed by atoms with E-state index in [-0.39, 0.29) is 23.5 Å². The molecule has 3 heterocycles. The van der Waals surface area contributed by atoms with Crippen molar-refractivity contribution in [3.63, 3.8) is 0 Å². The first-order chi connectivity index (χ1) is 16.3. The van der Waals surface area contributed by atoms with E-state index in [1.807, 2.05) is 11.0 Å². The van der Waals surface area contributed by atoms with E-state index in [9.17, 15) is 14.0 Å². The summed E-state index contributed by atoms with van der Waals surface area (Å²) in [5, 5.41) is 3.24. The van der Waals surface area contributed by atoms with Crippen LogP contribution in [0.25, 0.3) is 0 Å². The number of hydrogen-bond donors (Lipinski definition) is 1. The van der Waals surface area contributed by atoms with Crippen LogP contribution in [0.2, 0.25) is 0 Å². The van der Waals surface area contributed by atoms with Gasteiger partial charge in [0.1, 0.15) is 5.82 Å². The first-order valence-electron chi connectivity index (χ1n) is 12.3. The molecule has 5 nitrogen and oxygen atoms in total. The highest BCUT2D eigenvalue weighted by Gasteiger charge is 2.54. The number of amides is 2. The molecule has 2 atom stereocenters. The molecule has 0 unspecified atom stereocenters. The normalized spacial score (nSPS) is 26.5. The summed E-state index contributed by atoms with van der Waals surface area (Å²) in [6.07, 6.45) is 3.32. The molecule has 0 radical (unpaired) electrons. The number of nitrogens with zero attached hydrogens (tertiary/aromatic N) is 1. The van der Waals surface area contributed by atoms with Crippen molar-refractivity contribution in [1.82, 2.24) is 10.2 Å². The highest BCUT2D eigenvalue weighted by molar-refractivity contribution is 5.89. The van der Waals surface area contributed by atoms with E-state index in [0.29, 0.717) is 45.6 Å². The summed E-state index contributed by atoms with van der Waals surface area (Å²) in [5.41, 5.74) is 2.96. The van der Waals surface area contributed by atoms with Gasteiger partial charge in [-0.1, -0.05) is 41.5 Å². The Hall–Kier alpha value is -2.73. The quantitative estimate of drug-likeness (QED) is 0.742. The fraction of sp³-hybridized carbons (Fsp3) is 0.500. The van der Waals surface area contributed by atoms with Gasteiger partial charge < -0.3 is 15.0 Å². The molecule has 180 valence electrons. The minimum Gasteiger partial charge on any atom is -0.381 e. The fourth-order valence-corrected chi connectivity index (χ4v) is 6.46. The molecule has 0 bridgehead atoms. The minimum absolute atomic E-state index is 0.0111. The summed E-state index contributed by atoms with van der Waals surface area (Å²) in [5.74, 6) is -0.334. The highest BCUT2D eigenvalue weighted by Crippen LogP contribution is 2.45. The van der Waals surface area contributed by atoms with E-state index in [4.69, 9.17) is 4.74 Å². The molecule has 3 aliphatic rings. The van der Waals surface area contributed by atoms with Crippen LogP contribution in [0.5, 0.6) is 0 Å². The number of likely N-dealkylation sites (tertiary alicyclic amines) is 1. The van der Waals surface area contributed by atoms with Crippen molar-refractivity contribution in [1.29, 1.82) is 0 Å². The molecular weight excluding hydrogens is 431 g/mol. The number of piperidine rings is 1. The van der Waals surface area contributed by atoms with Crippen molar-refractivity contribution in [2.45, 2.75) is 62.8 Å². The SMILES string of the molecule is Cc1cc(C)cc(C2(C(=O)N3C[C@@H](c4cccc(F)c4)[C@@]4(CCCC(=O)N4)C3)CCOCC2)c1. The Morgan fingerprint density at radius 2 is 1.82 bits per heavy atom. The van der Waals surface area contributed by atoms with Crippen molar-refractivity contribution in [3.8, 4) is 0 Å². The van der Waals surface area contributed by atoms with E-state index in [0.717, 1.165) is 35.1 Å². The van der Waals surface area contributed by atoms with Gasteiger partial charge >= 0.3 is 0 Å². The summed E-state index contributed by atoms with van der Waals surface area (Å²) in [4.78, 5) is 28.8. The molecule has 3 aliphatic heterocycles. The fourth-order valence-electron chi connectivity index (χ4n) is 6.46. The molecule has 3 saturated heterocycles. The molecule has 5 rings (SSSR count). The third-order valence-corrected chi connectivity index (χ3v) is 8.03. The number of carbonyl (C=O) groups is 2. The minimum atomic E-state index is -0.647. The molecule has 2 aromatic carbocycles. The Labute approximate surface area is 200 Å². The Morgan fingerprint density at radius 3 is 2.50 bits per heavy atom. The van der Waals surface area contributed by atoms with Gasteiger partial charge in [-0.15, -0.1) is 0 Å². The lowest BCUT2D eigenvalue weighted by Crippen LogP contribution is -2.57. The number of hydrogen-bond acceptors (Lipinski definition) is 3. The van der Waals surface area contributed by atoms with Crippen LogP contribution >= 0.6 is 0 Å². The van der Waals surface area contributed by atoms with Crippen LogP contribution in [-0.2, 0) is 19.7 Å². The molecule has 3 fully saturated rings. The summed E-state index contributed by atoms with van der Waals surface area (Å²) in [7, 11) is 0. The van der Waals surface area contributed by atoms with Crippen molar-refractivity contribution in [2.24, 2.45) is 0 Å². The predicted octanol–water partition coefficient (Wildman–Crippen LogP) is 4.16. The summed E-state index contributed by atoms with van der Waals surface area (Å²) in [6, 6.07) is 13.0. The van der Waals surface area contributed by atoms with Gasteiger partial charge in [-0.05, 0) is 62.8 Å². The predicted molar refractivity (Wildman–Crippen MR) is 128 cm³/mol. The molecule has 34 heavy (non-hydrogen) atoms. The molecule has 2 aromatic rings. The van der Waals surface area contributed by atoms with Gasteiger partial charge in [0, 0.05) is 38.6 Å². The van der Waals surface area contributed by atoms with E-state index in [1.165, 1.54) is 6.07 Å². The molecular formula is C28H33FN2O3. The van der Waals surface area contributed by atoms with Gasteiger partial charge in [0.25, 0.3) is 0 Å². The molecule has 1 N–H and O–H groups in total. The summed E-state index contributed by atoms with van der Waals surface area (Å²) >= 11 is 0. The number of ether oxygens (including phenoxy) is 1. The van der Waals surface area contributed by atoms with E-state index >= 15 is 0 Å². The zero-order valence-electron chi connectivity index (χ0n) is 20.0. The summed E-state index contributed by atoms with van der Waals surface area (Å²) < 4.78 is 19.9. The van der Waals surface area contributed by atoms with Gasteiger partial charge in [-0.2, -0.15) is 0 Å². The topological polar surface area (TPSA) is 58.6 Å². The maximum absolute atomic E-state index is 14.4. The van der Waals surface area contributed by atoms with Crippen LogP contribution in [0.4, 0.5) is 4.39 Å². The molecule has 0 saturated carbocycles. The summed E-state index contributed by atoms with van der Waals surface area (Å²) in [6.45, 7) is 6.14. The van der Waals surface area contributed by atoms with Crippen LogP contribution in [0, 0.1) is 19.7 Å². The van der Waals surface area contributed by atoms with Gasteiger partial charge in [0.15, 0.2) is 0 Å². The van der Waals surface area contributed by atoms with E-state index in [2.05, 4.69) is 37.4 Å². The second kappa shape index (κ2) is 8.81. The monoisotopic (exact) mass is 464 g/mol. The first kappa shape index (κ1) is 23.0. The lowest BCUT2D eigenvalue weighted by atomic mass is 9.72. The number of halogens is 1. The molecule has 0 aromatic heterocycles. The Balaban J connectivity index is 1.54. The molecule has 0 aliphatic carbocycles.